The average molecular weight is 247 g/mol. The van der Waals surface area contributed by atoms with Crippen LogP contribution in [0.15, 0.2) is 0 Å². The van der Waals surface area contributed by atoms with Gasteiger partial charge in [0, 0.05) is 5.02 Å². The molecule has 1 aromatic carbocycles. The molecule has 0 aliphatic heterocycles. The van der Waals surface area contributed by atoms with E-state index in [1.54, 1.807) is 0 Å². The molecule has 0 saturated heterocycles. The molecule has 0 aliphatic rings. The number of halogens is 2. The van der Waals surface area contributed by atoms with E-state index in [4.69, 9.17) is 27.9 Å². The van der Waals surface area contributed by atoms with Gasteiger partial charge in [-0.1, -0.05) is 30.1 Å². The molecule has 0 bridgehead atoms. The van der Waals surface area contributed by atoms with Crippen LogP contribution < -0.4 is 4.74 Å². The number of benzene rings is 1. The maximum atomic E-state index is 6.22. The Balaban J connectivity index is 3.47. The zero-order valence-electron chi connectivity index (χ0n) is 9.58. The normalized spacial score (nSPS) is 10.5. The van der Waals surface area contributed by atoms with Crippen molar-refractivity contribution in [2.75, 3.05) is 6.61 Å². The van der Waals surface area contributed by atoms with E-state index in [2.05, 4.69) is 6.92 Å². The maximum absolute atomic E-state index is 6.22. The van der Waals surface area contributed by atoms with Crippen LogP contribution in [-0.2, 0) is 6.42 Å². The highest BCUT2D eigenvalue weighted by Crippen LogP contribution is 2.39. The summed E-state index contributed by atoms with van der Waals surface area (Å²) in [4.78, 5) is 0. The lowest BCUT2D eigenvalue weighted by Crippen LogP contribution is -2.01. The SMILES string of the molecule is CCOc1c(Cl)c(C)c(Cl)c(C)c1CC. The van der Waals surface area contributed by atoms with E-state index in [0.29, 0.717) is 11.6 Å². The highest BCUT2D eigenvalue weighted by Gasteiger charge is 2.17. The van der Waals surface area contributed by atoms with Crippen molar-refractivity contribution in [2.45, 2.75) is 34.1 Å². The monoisotopic (exact) mass is 246 g/mol. The van der Waals surface area contributed by atoms with Crippen LogP contribution in [0.1, 0.15) is 30.5 Å². The van der Waals surface area contributed by atoms with Gasteiger partial charge in [-0.05, 0) is 43.9 Å². The fourth-order valence-electron chi connectivity index (χ4n) is 1.70. The van der Waals surface area contributed by atoms with E-state index >= 15 is 0 Å². The molecule has 1 rings (SSSR count). The van der Waals surface area contributed by atoms with Crippen LogP contribution in [0.25, 0.3) is 0 Å². The summed E-state index contributed by atoms with van der Waals surface area (Å²) in [6.45, 7) is 8.57. The predicted octanol–water partition coefficient (Wildman–Crippen LogP) is 4.57. The third-order valence-electron chi connectivity index (χ3n) is 2.56. The first kappa shape index (κ1) is 12.7. The van der Waals surface area contributed by atoms with Crippen molar-refractivity contribution in [2.24, 2.45) is 0 Å². The second-order valence-electron chi connectivity index (χ2n) is 3.47. The zero-order chi connectivity index (χ0) is 11.6. The summed E-state index contributed by atoms with van der Waals surface area (Å²) < 4.78 is 5.58. The molecule has 0 unspecified atom stereocenters. The Morgan fingerprint density at radius 2 is 1.60 bits per heavy atom. The standard InChI is InChI=1S/C12H16Cl2O/c1-5-9-7(3)10(13)8(4)11(14)12(9)15-6-2/h5-6H2,1-4H3. The van der Waals surface area contributed by atoms with Crippen LogP contribution in [0, 0.1) is 13.8 Å². The van der Waals surface area contributed by atoms with Crippen molar-refractivity contribution in [3.8, 4) is 5.75 Å². The Kier molecular flexibility index (Phi) is 4.30. The molecule has 0 heterocycles. The summed E-state index contributed by atoms with van der Waals surface area (Å²) >= 11 is 12.4. The van der Waals surface area contributed by atoms with Gasteiger partial charge in [-0.25, -0.2) is 0 Å². The molecule has 0 saturated carbocycles. The molecular formula is C12H16Cl2O. The maximum Gasteiger partial charge on any atom is 0.141 e. The molecule has 0 amide bonds. The van der Waals surface area contributed by atoms with Crippen molar-refractivity contribution >= 4 is 23.2 Å². The van der Waals surface area contributed by atoms with Crippen molar-refractivity contribution in [1.29, 1.82) is 0 Å². The summed E-state index contributed by atoms with van der Waals surface area (Å²) in [5.74, 6) is 0.793. The van der Waals surface area contributed by atoms with Gasteiger partial charge in [0.2, 0.25) is 0 Å². The molecule has 0 N–H and O–H groups in total. The number of rotatable bonds is 3. The van der Waals surface area contributed by atoms with Crippen molar-refractivity contribution < 1.29 is 4.74 Å². The molecule has 0 aromatic heterocycles. The van der Waals surface area contributed by atoms with E-state index in [0.717, 1.165) is 33.9 Å². The highest BCUT2D eigenvalue weighted by molar-refractivity contribution is 6.37. The van der Waals surface area contributed by atoms with Crippen LogP contribution in [-0.4, -0.2) is 6.61 Å². The minimum Gasteiger partial charge on any atom is -0.492 e. The summed E-state index contributed by atoms with van der Waals surface area (Å²) in [6, 6.07) is 0. The van der Waals surface area contributed by atoms with E-state index in [9.17, 15) is 0 Å². The van der Waals surface area contributed by atoms with Gasteiger partial charge < -0.3 is 4.74 Å². The third kappa shape index (κ3) is 2.24. The fourth-order valence-corrected chi connectivity index (χ4v) is 2.22. The largest absolute Gasteiger partial charge is 0.492 e. The number of ether oxygens (including phenoxy) is 1. The molecule has 0 radical (unpaired) electrons. The van der Waals surface area contributed by atoms with Gasteiger partial charge in [0.1, 0.15) is 5.75 Å². The Labute approximate surface area is 101 Å². The zero-order valence-corrected chi connectivity index (χ0v) is 11.1. The van der Waals surface area contributed by atoms with Crippen LogP contribution in [0.5, 0.6) is 5.75 Å². The van der Waals surface area contributed by atoms with Gasteiger partial charge in [0.15, 0.2) is 0 Å². The highest BCUT2D eigenvalue weighted by atomic mass is 35.5. The van der Waals surface area contributed by atoms with Gasteiger partial charge >= 0.3 is 0 Å². The van der Waals surface area contributed by atoms with Crippen LogP contribution in [0.2, 0.25) is 10.0 Å². The summed E-state index contributed by atoms with van der Waals surface area (Å²) in [6.07, 6.45) is 0.876. The molecule has 0 fully saturated rings. The second kappa shape index (κ2) is 5.09. The Bertz CT molecular complexity index is 373. The topological polar surface area (TPSA) is 9.23 Å². The van der Waals surface area contributed by atoms with E-state index in [1.165, 1.54) is 0 Å². The van der Waals surface area contributed by atoms with E-state index in [-0.39, 0.29) is 0 Å². The summed E-state index contributed by atoms with van der Waals surface area (Å²) in [5, 5.41) is 1.39. The predicted molar refractivity (Wildman–Crippen MR) is 66.5 cm³/mol. The van der Waals surface area contributed by atoms with Gasteiger partial charge in [0.25, 0.3) is 0 Å². The molecule has 0 spiro atoms. The molecule has 15 heavy (non-hydrogen) atoms. The van der Waals surface area contributed by atoms with Gasteiger partial charge in [0.05, 0.1) is 11.6 Å². The van der Waals surface area contributed by atoms with Gasteiger partial charge in [-0.2, -0.15) is 0 Å². The Morgan fingerprint density at radius 3 is 2.07 bits per heavy atom. The number of hydrogen-bond donors (Lipinski definition) is 0. The molecule has 1 nitrogen and oxygen atoms in total. The minimum atomic E-state index is 0.618. The molecule has 84 valence electrons. The van der Waals surface area contributed by atoms with Crippen molar-refractivity contribution in [1.82, 2.24) is 0 Å². The van der Waals surface area contributed by atoms with Crippen LogP contribution in [0.3, 0.4) is 0 Å². The first-order valence-electron chi connectivity index (χ1n) is 5.14. The lowest BCUT2D eigenvalue weighted by molar-refractivity contribution is 0.336. The van der Waals surface area contributed by atoms with E-state index < -0.39 is 0 Å². The fraction of sp³-hybridized carbons (Fsp3) is 0.500. The second-order valence-corrected chi connectivity index (χ2v) is 4.23. The third-order valence-corrected chi connectivity index (χ3v) is 3.58. The van der Waals surface area contributed by atoms with Gasteiger partial charge in [-0.3, -0.25) is 0 Å². The quantitative estimate of drug-likeness (QED) is 0.760. The molecular weight excluding hydrogens is 231 g/mol. The van der Waals surface area contributed by atoms with Crippen molar-refractivity contribution in [3.05, 3.63) is 26.7 Å². The summed E-state index contributed by atoms with van der Waals surface area (Å²) in [5.41, 5.74) is 3.08. The molecule has 3 heteroatoms. The lowest BCUT2D eigenvalue weighted by atomic mass is 10.0. The lowest BCUT2D eigenvalue weighted by Gasteiger charge is -2.17. The smallest absolute Gasteiger partial charge is 0.141 e. The van der Waals surface area contributed by atoms with Crippen LogP contribution >= 0.6 is 23.2 Å². The minimum absolute atomic E-state index is 0.618. The Hall–Kier alpha value is -0.400. The first-order chi connectivity index (χ1) is 7.04. The van der Waals surface area contributed by atoms with Crippen LogP contribution in [0.4, 0.5) is 0 Å². The molecule has 0 aliphatic carbocycles. The van der Waals surface area contributed by atoms with E-state index in [1.807, 2.05) is 20.8 Å². The van der Waals surface area contributed by atoms with Gasteiger partial charge in [-0.15, -0.1) is 0 Å². The average Bonchev–Trinajstić information content (AvgIpc) is 2.24. The molecule has 1 aromatic rings. The van der Waals surface area contributed by atoms with Crippen molar-refractivity contribution in [3.63, 3.8) is 0 Å². The summed E-state index contributed by atoms with van der Waals surface area (Å²) in [7, 11) is 0. The number of hydrogen-bond acceptors (Lipinski definition) is 1. The Morgan fingerprint density at radius 1 is 1.00 bits per heavy atom. The first-order valence-corrected chi connectivity index (χ1v) is 5.89. The molecule has 0 atom stereocenters.